The van der Waals surface area contributed by atoms with Gasteiger partial charge < -0.3 is 20.6 Å². The van der Waals surface area contributed by atoms with E-state index in [2.05, 4.69) is 52.6 Å². The third kappa shape index (κ3) is 4.55. The van der Waals surface area contributed by atoms with Gasteiger partial charge in [-0.15, -0.1) is 0 Å². The molecule has 0 aliphatic heterocycles. The van der Waals surface area contributed by atoms with Crippen LogP contribution in [-0.4, -0.2) is 47.0 Å². The van der Waals surface area contributed by atoms with Crippen molar-refractivity contribution >= 4 is 17.5 Å². The van der Waals surface area contributed by atoms with Gasteiger partial charge in [-0.05, 0) is 132 Å². The van der Waals surface area contributed by atoms with E-state index in [0.717, 1.165) is 68.9 Å². The van der Waals surface area contributed by atoms with E-state index in [4.69, 9.17) is 0 Å². The summed E-state index contributed by atoms with van der Waals surface area (Å²) < 4.78 is 0. The number of benzene rings is 1. The smallest absolute Gasteiger partial charge is 0.335 e. The first kappa shape index (κ1) is 32.5. The van der Waals surface area contributed by atoms with E-state index in [-0.39, 0.29) is 40.1 Å². The van der Waals surface area contributed by atoms with Gasteiger partial charge in [-0.3, -0.25) is 4.79 Å². The normalized spacial score (nSPS) is 41.6. The second-order valence-electron chi connectivity index (χ2n) is 16.8. The van der Waals surface area contributed by atoms with Crippen molar-refractivity contribution in [3.8, 4) is 0 Å². The largest absolute Gasteiger partial charge is 0.481 e. The van der Waals surface area contributed by atoms with Crippen LogP contribution in [0.3, 0.4) is 0 Å². The van der Waals surface area contributed by atoms with Crippen LogP contribution < -0.4 is 5.32 Å². The van der Waals surface area contributed by atoms with Crippen molar-refractivity contribution in [3.05, 3.63) is 53.6 Å². The Balaban J connectivity index is 1.34. The van der Waals surface area contributed by atoms with Gasteiger partial charge in [0, 0.05) is 13.1 Å². The Bertz CT molecular complexity index is 1400. The molecule has 0 spiro atoms. The van der Waals surface area contributed by atoms with Gasteiger partial charge in [-0.25, -0.2) is 4.79 Å². The maximum atomic E-state index is 13.1. The Kier molecular flexibility index (Phi) is 8.00. The molecular formula is C39H55NO5. The highest BCUT2D eigenvalue weighted by atomic mass is 16.4. The molecule has 5 aliphatic rings. The highest BCUT2D eigenvalue weighted by Gasteiger charge is 2.71. The van der Waals surface area contributed by atoms with Crippen LogP contribution in [0.25, 0.3) is 5.57 Å². The average molecular weight is 618 g/mol. The van der Waals surface area contributed by atoms with Crippen LogP contribution >= 0.6 is 0 Å². The number of aliphatic hydroxyl groups is 1. The molecule has 246 valence electrons. The molecule has 4 N–H and O–H groups in total. The summed E-state index contributed by atoms with van der Waals surface area (Å²) in [6.45, 7) is 18.3. The molecule has 0 heterocycles. The van der Waals surface area contributed by atoms with E-state index in [1.807, 2.05) is 12.1 Å². The lowest BCUT2D eigenvalue weighted by Gasteiger charge is -2.72. The number of carbonyl (C=O) groups is 2. The SMILES string of the molecule is C=C(CNCCO)C1CCC2(C(=O)O)CCC3(C)C(CCC4C5(C)CC=C(c6ccc(C(=O)O)cc6)C(C)(C)C5CCC43C)C12. The van der Waals surface area contributed by atoms with Crippen LogP contribution in [0.1, 0.15) is 108 Å². The highest BCUT2D eigenvalue weighted by molar-refractivity contribution is 5.88. The van der Waals surface area contributed by atoms with Crippen molar-refractivity contribution in [3.63, 3.8) is 0 Å². The number of aliphatic carboxylic acids is 1. The first-order valence-electron chi connectivity index (χ1n) is 17.4. The van der Waals surface area contributed by atoms with Crippen molar-refractivity contribution in [2.45, 2.75) is 92.4 Å². The van der Waals surface area contributed by atoms with E-state index in [1.165, 1.54) is 5.57 Å². The summed E-state index contributed by atoms with van der Waals surface area (Å²) in [5.41, 5.74) is 3.55. The van der Waals surface area contributed by atoms with E-state index in [1.54, 1.807) is 12.1 Å². The lowest BCUT2D eigenvalue weighted by molar-refractivity contribution is -0.227. The minimum Gasteiger partial charge on any atom is -0.481 e. The van der Waals surface area contributed by atoms with Gasteiger partial charge in [0.05, 0.1) is 17.6 Å². The molecule has 1 aromatic rings. The lowest BCUT2D eigenvalue weighted by Crippen LogP contribution is -2.66. The van der Waals surface area contributed by atoms with Crippen molar-refractivity contribution in [2.75, 3.05) is 19.7 Å². The summed E-state index contributed by atoms with van der Waals surface area (Å²) in [6, 6.07) is 7.44. The van der Waals surface area contributed by atoms with E-state index in [0.29, 0.717) is 36.4 Å². The summed E-state index contributed by atoms with van der Waals surface area (Å²) in [7, 11) is 0. The second kappa shape index (κ2) is 11.1. The summed E-state index contributed by atoms with van der Waals surface area (Å²) >= 11 is 0. The number of nitrogens with one attached hydrogen (secondary N) is 1. The van der Waals surface area contributed by atoms with Gasteiger partial charge in [0.2, 0.25) is 0 Å². The van der Waals surface area contributed by atoms with Crippen LogP contribution in [-0.2, 0) is 4.79 Å². The molecule has 6 heteroatoms. The Morgan fingerprint density at radius 1 is 0.889 bits per heavy atom. The molecule has 45 heavy (non-hydrogen) atoms. The molecule has 0 radical (unpaired) electrons. The van der Waals surface area contributed by atoms with E-state index >= 15 is 0 Å². The number of fused-ring (bicyclic) bond motifs is 7. The quantitative estimate of drug-likeness (QED) is 0.176. The van der Waals surface area contributed by atoms with Crippen LogP contribution in [0.15, 0.2) is 42.5 Å². The average Bonchev–Trinajstić information content (AvgIpc) is 3.39. The molecule has 4 saturated carbocycles. The maximum absolute atomic E-state index is 13.1. The van der Waals surface area contributed by atoms with E-state index < -0.39 is 17.4 Å². The van der Waals surface area contributed by atoms with Gasteiger partial charge in [0.25, 0.3) is 0 Å². The van der Waals surface area contributed by atoms with Crippen molar-refractivity contribution in [1.29, 1.82) is 0 Å². The fourth-order valence-corrected chi connectivity index (χ4v) is 12.8. The van der Waals surface area contributed by atoms with Gasteiger partial charge in [-0.2, -0.15) is 0 Å². The Hall–Kier alpha value is -2.44. The number of aromatic carboxylic acids is 1. The van der Waals surface area contributed by atoms with Gasteiger partial charge >= 0.3 is 11.9 Å². The highest BCUT2D eigenvalue weighted by Crippen LogP contribution is 2.77. The first-order chi connectivity index (χ1) is 21.2. The number of hydrogen-bond donors (Lipinski definition) is 4. The molecule has 9 atom stereocenters. The molecule has 9 unspecified atom stereocenters. The molecule has 0 aromatic heterocycles. The fourth-order valence-electron chi connectivity index (χ4n) is 12.8. The van der Waals surface area contributed by atoms with Crippen LogP contribution in [0.5, 0.6) is 0 Å². The molecule has 1 aromatic carbocycles. The Morgan fingerprint density at radius 2 is 1.60 bits per heavy atom. The van der Waals surface area contributed by atoms with Crippen LogP contribution in [0.2, 0.25) is 0 Å². The van der Waals surface area contributed by atoms with Crippen molar-refractivity contribution < 1.29 is 24.9 Å². The Labute approximate surface area is 269 Å². The summed E-state index contributed by atoms with van der Waals surface area (Å²) in [5.74, 6) is 0.264. The zero-order valence-electron chi connectivity index (χ0n) is 28.1. The lowest BCUT2D eigenvalue weighted by atomic mass is 9.32. The molecule has 6 rings (SSSR count). The van der Waals surface area contributed by atoms with E-state index in [9.17, 15) is 24.9 Å². The van der Waals surface area contributed by atoms with Crippen molar-refractivity contribution in [2.24, 2.45) is 56.7 Å². The zero-order valence-corrected chi connectivity index (χ0v) is 28.1. The molecule has 5 aliphatic carbocycles. The third-order valence-electron chi connectivity index (χ3n) is 15.0. The van der Waals surface area contributed by atoms with Crippen LogP contribution in [0, 0.1) is 56.7 Å². The number of hydrogen-bond acceptors (Lipinski definition) is 4. The predicted molar refractivity (Wildman–Crippen MR) is 178 cm³/mol. The number of aliphatic hydroxyl groups excluding tert-OH is 1. The molecule has 4 fully saturated rings. The first-order valence-corrected chi connectivity index (χ1v) is 17.4. The summed E-state index contributed by atoms with van der Waals surface area (Å²) in [5, 5.41) is 32.9. The molecule has 0 amide bonds. The monoisotopic (exact) mass is 617 g/mol. The van der Waals surface area contributed by atoms with Gasteiger partial charge in [-0.1, -0.05) is 65.0 Å². The maximum Gasteiger partial charge on any atom is 0.335 e. The fraction of sp³-hybridized carbons (Fsp3) is 0.692. The zero-order chi connectivity index (χ0) is 32.6. The minimum absolute atomic E-state index is 0.0439. The number of rotatable bonds is 8. The number of carboxylic acids is 2. The molecule has 0 saturated heterocycles. The van der Waals surface area contributed by atoms with Gasteiger partial charge in [0.15, 0.2) is 0 Å². The van der Waals surface area contributed by atoms with Gasteiger partial charge in [0.1, 0.15) is 0 Å². The summed E-state index contributed by atoms with van der Waals surface area (Å²) in [6.07, 6.45) is 11.4. The Morgan fingerprint density at radius 3 is 2.24 bits per heavy atom. The second-order valence-corrected chi connectivity index (χ2v) is 16.8. The minimum atomic E-state index is -0.892. The molecule has 0 bridgehead atoms. The molecular weight excluding hydrogens is 562 g/mol. The standard InChI is InChI=1S/C39H55NO5/c1-24(23-40-21-22-41)27-13-18-39(34(44)45)20-19-37(5)29(32(27)39)11-12-31-36(4)16-14-28(25-7-9-26(10-8-25)33(42)43)35(2,3)30(36)15-17-38(31,37)6/h7-10,14,27,29-32,40-41H,1,11-13,15-23H2,2-6H3,(H,42,43)(H,44,45). The molecule has 6 nitrogen and oxygen atoms in total. The predicted octanol–water partition coefficient (Wildman–Crippen LogP) is 7.68. The van der Waals surface area contributed by atoms with Crippen LogP contribution in [0.4, 0.5) is 0 Å². The third-order valence-corrected chi connectivity index (χ3v) is 15.0. The number of allylic oxidation sites excluding steroid dienone is 2. The van der Waals surface area contributed by atoms with Crippen molar-refractivity contribution in [1.82, 2.24) is 5.32 Å². The number of carboxylic acid groups (broad SMARTS) is 2. The topological polar surface area (TPSA) is 107 Å². The summed E-state index contributed by atoms with van der Waals surface area (Å²) in [4.78, 5) is 24.6.